The summed E-state index contributed by atoms with van der Waals surface area (Å²) in [5, 5.41) is 23.0. The summed E-state index contributed by atoms with van der Waals surface area (Å²) >= 11 is 5.84. The van der Waals surface area contributed by atoms with Crippen molar-refractivity contribution in [3.8, 4) is 5.75 Å². The standard InChI is InChI=1S/C18H20ClN3O/c1-5-11-8-13(18(2,3)4)17(23)16(9-11)22-21-15-7-6-12(19)10-14(15)20/h5-10,20,22-23H,1H2,2-4H3/b20-14?,21-15-. The van der Waals surface area contributed by atoms with Crippen LogP contribution in [0.2, 0.25) is 0 Å². The van der Waals surface area contributed by atoms with Gasteiger partial charge in [-0.3, -0.25) is 10.8 Å². The topological polar surface area (TPSA) is 68.5 Å². The molecule has 1 aliphatic rings. The highest BCUT2D eigenvalue weighted by molar-refractivity contribution is 6.52. The Labute approximate surface area is 141 Å². The van der Waals surface area contributed by atoms with Crippen molar-refractivity contribution < 1.29 is 5.11 Å². The van der Waals surface area contributed by atoms with Gasteiger partial charge < -0.3 is 5.11 Å². The van der Waals surface area contributed by atoms with Gasteiger partial charge in [-0.15, -0.1) is 0 Å². The van der Waals surface area contributed by atoms with Crippen molar-refractivity contribution in [1.82, 2.24) is 0 Å². The first-order chi connectivity index (χ1) is 10.7. The van der Waals surface area contributed by atoms with E-state index in [9.17, 15) is 5.11 Å². The zero-order valence-corrected chi connectivity index (χ0v) is 14.2. The normalized spacial score (nSPS) is 16.4. The van der Waals surface area contributed by atoms with E-state index in [0.717, 1.165) is 11.1 Å². The van der Waals surface area contributed by atoms with E-state index in [-0.39, 0.29) is 16.9 Å². The number of benzene rings is 1. The summed E-state index contributed by atoms with van der Waals surface area (Å²) in [6, 6.07) is 3.67. The molecule has 0 atom stereocenters. The van der Waals surface area contributed by atoms with Gasteiger partial charge in [-0.2, -0.15) is 5.10 Å². The monoisotopic (exact) mass is 329 g/mol. The molecule has 5 heteroatoms. The smallest absolute Gasteiger partial charge is 0.144 e. The maximum Gasteiger partial charge on any atom is 0.144 e. The van der Waals surface area contributed by atoms with Crippen molar-refractivity contribution in [3.63, 3.8) is 0 Å². The molecule has 0 unspecified atom stereocenters. The minimum atomic E-state index is -0.222. The highest BCUT2D eigenvalue weighted by Gasteiger charge is 2.21. The van der Waals surface area contributed by atoms with Crippen molar-refractivity contribution in [2.75, 3.05) is 5.43 Å². The summed E-state index contributed by atoms with van der Waals surface area (Å²) in [5.41, 5.74) is 5.42. The highest BCUT2D eigenvalue weighted by atomic mass is 35.5. The third-order valence-corrected chi connectivity index (χ3v) is 3.67. The number of rotatable bonds is 3. The lowest BCUT2D eigenvalue weighted by Gasteiger charge is -2.22. The Balaban J connectivity index is 2.39. The van der Waals surface area contributed by atoms with E-state index < -0.39 is 0 Å². The SMILES string of the molecule is C=Cc1cc(N/N=C2/C=CC(Cl)=CC2=N)c(O)c(C(C)(C)C)c1. The molecule has 1 aromatic carbocycles. The molecule has 0 aliphatic heterocycles. The lowest BCUT2D eigenvalue weighted by molar-refractivity contribution is 0.448. The van der Waals surface area contributed by atoms with E-state index in [1.165, 1.54) is 6.08 Å². The van der Waals surface area contributed by atoms with Gasteiger partial charge in [-0.05, 0) is 41.3 Å². The Morgan fingerprint density at radius 3 is 2.57 bits per heavy atom. The van der Waals surface area contributed by atoms with Gasteiger partial charge in [-0.25, -0.2) is 0 Å². The number of allylic oxidation sites excluding steroid dienone is 4. The number of anilines is 1. The minimum absolute atomic E-state index is 0.146. The Kier molecular flexibility index (Phi) is 4.76. The lowest BCUT2D eigenvalue weighted by atomic mass is 9.85. The van der Waals surface area contributed by atoms with E-state index in [4.69, 9.17) is 17.0 Å². The Hall–Kier alpha value is -2.33. The lowest BCUT2D eigenvalue weighted by Crippen LogP contribution is -2.14. The highest BCUT2D eigenvalue weighted by Crippen LogP contribution is 2.37. The summed E-state index contributed by atoms with van der Waals surface area (Å²) in [5.74, 6) is 0.146. The van der Waals surface area contributed by atoms with Crippen molar-refractivity contribution in [2.45, 2.75) is 26.2 Å². The van der Waals surface area contributed by atoms with E-state index in [1.807, 2.05) is 26.8 Å². The molecule has 0 heterocycles. The zero-order chi connectivity index (χ0) is 17.2. The molecule has 1 aromatic rings. The van der Waals surface area contributed by atoms with Crippen LogP contribution in [0.25, 0.3) is 6.08 Å². The van der Waals surface area contributed by atoms with Crippen LogP contribution in [-0.4, -0.2) is 16.5 Å². The largest absolute Gasteiger partial charge is 0.505 e. The number of hydrazone groups is 1. The van der Waals surface area contributed by atoms with Gasteiger partial charge in [0.1, 0.15) is 11.5 Å². The molecule has 3 N–H and O–H groups in total. The number of aromatic hydroxyl groups is 1. The first-order valence-electron chi connectivity index (χ1n) is 7.20. The van der Waals surface area contributed by atoms with Crippen LogP contribution in [0.5, 0.6) is 5.75 Å². The molecule has 2 rings (SSSR count). The number of hydrogen-bond acceptors (Lipinski definition) is 4. The fourth-order valence-corrected chi connectivity index (χ4v) is 2.33. The molecule has 0 saturated heterocycles. The Bertz CT molecular complexity index is 752. The van der Waals surface area contributed by atoms with Gasteiger partial charge in [0.15, 0.2) is 0 Å². The number of nitrogens with zero attached hydrogens (tertiary/aromatic N) is 1. The summed E-state index contributed by atoms with van der Waals surface area (Å²) in [4.78, 5) is 0. The fourth-order valence-electron chi connectivity index (χ4n) is 2.16. The van der Waals surface area contributed by atoms with Gasteiger partial charge in [-0.1, -0.05) is 45.0 Å². The van der Waals surface area contributed by atoms with Gasteiger partial charge in [0, 0.05) is 10.6 Å². The average Bonchev–Trinajstić information content (AvgIpc) is 2.46. The molecule has 23 heavy (non-hydrogen) atoms. The molecule has 0 saturated carbocycles. The molecule has 0 amide bonds. The van der Waals surface area contributed by atoms with Crippen molar-refractivity contribution >= 4 is 34.8 Å². The molecule has 0 radical (unpaired) electrons. The molecular formula is C18H20ClN3O. The Morgan fingerprint density at radius 1 is 1.30 bits per heavy atom. The molecule has 1 aliphatic carbocycles. The zero-order valence-electron chi connectivity index (χ0n) is 13.4. The van der Waals surface area contributed by atoms with Crippen LogP contribution < -0.4 is 5.43 Å². The van der Waals surface area contributed by atoms with Crippen molar-refractivity contribution in [2.24, 2.45) is 5.10 Å². The van der Waals surface area contributed by atoms with Gasteiger partial charge in [0.25, 0.3) is 0 Å². The van der Waals surface area contributed by atoms with Gasteiger partial charge >= 0.3 is 0 Å². The molecule has 120 valence electrons. The molecular weight excluding hydrogens is 310 g/mol. The first kappa shape index (κ1) is 17.0. The van der Waals surface area contributed by atoms with E-state index in [2.05, 4.69) is 17.1 Å². The second kappa shape index (κ2) is 6.42. The summed E-state index contributed by atoms with van der Waals surface area (Å²) in [7, 11) is 0. The summed E-state index contributed by atoms with van der Waals surface area (Å²) < 4.78 is 0. The molecule has 0 aromatic heterocycles. The van der Waals surface area contributed by atoms with Crippen LogP contribution in [0, 0.1) is 5.41 Å². The maximum atomic E-state index is 10.5. The maximum absolute atomic E-state index is 10.5. The van der Waals surface area contributed by atoms with Crippen molar-refractivity contribution in [1.29, 1.82) is 5.41 Å². The number of phenols is 1. The third kappa shape index (κ3) is 3.90. The van der Waals surface area contributed by atoms with Crippen LogP contribution in [0.3, 0.4) is 0 Å². The molecule has 0 spiro atoms. The van der Waals surface area contributed by atoms with Crippen LogP contribution in [0.15, 0.2) is 47.1 Å². The van der Waals surface area contributed by atoms with Gasteiger partial charge in [0.05, 0.1) is 11.4 Å². The molecule has 4 nitrogen and oxygen atoms in total. The second-order valence-electron chi connectivity index (χ2n) is 6.30. The van der Waals surface area contributed by atoms with E-state index >= 15 is 0 Å². The quantitative estimate of drug-likeness (QED) is 0.423. The van der Waals surface area contributed by atoms with Crippen LogP contribution in [0.1, 0.15) is 31.9 Å². The first-order valence-corrected chi connectivity index (χ1v) is 7.58. The van der Waals surface area contributed by atoms with Crippen LogP contribution >= 0.6 is 11.6 Å². The van der Waals surface area contributed by atoms with Crippen LogP contribution in [0.4, 0.5) is 5.69 Å². The Morgan fingerprint density at radius 2 is 2.00 bits per heavy atom. The fraction of sp³-hybridized carbons (Fsp3) is 0.222. The molecule has 0 bridgehead atoms. The summed E-state index contributed by atoms with van der Waals surface area (Å²) in [6.07, 6.45) is 6.55. The number of phenolic OH excluding ortho intramolecular Hbond substituents is 1. The number of nitrogens with one attached hydrogen (secondary N) is 2. The second-order valence-corrected chi connectivity index (χ2v) is 6.74. The van der Waals surface area contributed by atoms with Crippen molar-refractivity contribution in [3.05, 3.63) is 53.1 Å². The number of halogens is 1. The third-order valence-electron chi connectivity index (χ3n) is 3.43. The van der Waals surface area contributed by atoms with Gasteiger partial charge in [0.2, 0.25) is 0 Å². The summed E-state index contributed by atoms with van der Waals surface area (Å²) in [6.45, 7) is 9.86. The predicted octanol–water partition coefficient (Wildman–Crippen LogP) is 4.81. The minimum Gasteiger partial charge on any atom is -0.505 e. The van der Waals surface area contributed by atoms with E-state index in [1.54, 1.807) is 24.3 Å². The average molecular weight is 330 g/mol. The number of hydrogen-bond donors (Lipinski definition) is 3. The predicted molar refractivity (Wildman–Crippen MR) is 98.8 cm³/mol. The van der Waals surface area contributed by atoms with E-state index in [0.29, 0.717) is 16.4 Å². The van der Waals surface area contributed by atoms with Crippen LogP contribution in [-0.2, 0) is 5.41 Å². The molecule has 0 fully saturated rings.